The minimum atomic E-state index is -0.949. The SMILES string of the molecule is O=C(O)[C@H]1C[C@@H](C(=O)NCc2ccncc2)CN(C(=O)C2CC2)C1. The predicted molar refractivity (Wildman–Crippen MR) is 84.6 cm³/mol. The number of carboxylic acid groups (broad SMARTS) is 1. The second kappa shape index (κ2) is 6.98. The monoisotopic (exact) mass is 331 g/mol. The number of pyridine rings is 1. The van der Waals surface area contributed by atoms with Gasteiger partial charge >= 0.3 is 5.97 Å². The van der Waals surface area contributed by atoms with Crippen LogP contribution in [0.15, 0.2) is 24.5 Å². The van der Waals surface area contributed by atoms with Crippen molar-refractivity contribution >= 4 is 17.8 Å². The molecule has 1 aromatic rings. The van der Waals surface area contributed by atoms with E-state index in [1.54, 1.807) is 17.3 Å². The van der Waals surface area contributed by atoms with E-state index < -0.39 is 17.8 Å². The molecule has 7 heteroatoms. The van der Waals surface area contributed by atoms with Crippen molar-refractivity contribution in [3.63, 3.8) is 0 Å². The summed E-state index contributed by atoms with van der Waals surface area (Å²) in [6.07, 6.45) is 5.31. The molecule has 0 unspecified atom stereocenters. The molecule has 0 bridgehead atoms. The van der Waals surface area contributed by atoms with Crippen LogP contribution in [-0.2, 0) is 20.9 Å². The molecule has 2 aliphatic rings. The van der Waals surface area contributed by atoms with Gasteiger partial charge in [-0.05, 0) is 37.0 Å². The van der Waals surface area contributed by atoms with Crippen LogP contribution in [0.5, 0.6) is 0 Å². The molecule has 0 aromatic carbocycles. The van der Waals surface area contributed by atoms with Gasteiger partial charge in [0.05, 0.1) is 11.8 Å². The maximum Gasteiger partial charge on any atom is 0.308 e. The number of nitrogens with one attached hydrogen (secondary N) is 1. The fraction of sp³-hybridized carbons (Fsp3) is 0.529. The third kappa shape index (κ3) is 3.90. The fourth-order valence-corrected chi connectivity index (χ4v) is 3.07. The highest BCUT2D eigenvalue weighted by atomic mass is 16.4. The lowest BCUT2D eigenvalue weighted by atomic mass is 9.88. The number of carbonyl (C=O) groups is 3. The summed E-state index contributed by atoms with van der Waals surface area (Å²) in [5.41, 5.74) is 0.926. The molecule has 24 heavy (non-hydrogen) atoms. The standard InChI is InChI=1S/C17H21N3O4/c21-15(19-8-11-3-5-18-6-4-11)13-7-14(17(23)24)10-20(9-13)16(22)12-1-2-12/h3-6,12-14H,1-2,7-10H2,(H,19,21)(H,23,24)/t13-,14+/m1/s1. The Morgan fingerprint density at radius 1 is 1.12 bits per heavy atom. The second-order valence-electron chi connectivity index (χ2n) is 6.56. The number of rotatable bonds is 5. The van der Waals surface area contributed by atoms with Gasteiger partial charge in [-0.3, -0.25) is 19.4 Å². The average Bonchev–Trinajstić information content (AvgIpc) is 3.44. The van der Waals surface area contributed by atoms with E-state index in [-0.39, 0.29) is 30.7 Å². The number of likely N-dealkylation sites (tertiary alicyclic amines) is 1. The first-order chi connectivity index (χ1) is 11.5. The Morgan fingerprint density at radius 2 is 1.79 bits per heavy atom. The minimum absolute atomic E-state index is 0.00659. The molecule has 2 heterocycles. The van der Waals surface area contributed by atoms with Crippen molar-refractivity contribution in [1.29, 1.82) is 0 Å². The maximum absolute atomic E-state index is 12.4. The summed E-state index contributed by atoms with van der Waals surface area (Å²) in [4.78, 5) is 41.6. The van der Waals surface area contributed by atoms with E-state index in [9.17, 15) is 19.5 Å². The molecule has 1 saturated carbocycles. The molecule has 128 valence electrons. The zero-order chi connectivity index (χ0) is 17.1. The summed E-state index contributed by atoms with van der Waals surface area (Å²) in [5, 5.41) is 12.2. The van der Waals surface area contributed by atoms with Crippen LogP contribution in [-0.4, -0.2) is 45.9 Å². The molecule has 2 N–H and O–H groups in total. The number of aliphatic carboxylic acids is 1. The van der Waals surface area contributed by atoms with E-state index in [0.29, 0.717) is 13.1 Å². The molecule has 2 atom stereocenters. The third-order valence-electron chi connectivity index (χ3n) is 4.62. The number of amides is 2. The number of hydrogen-bond acceptors (Lipinski definition) is 4. The van der Waals surface area contributed by atoms with Gasteiger partial charge in [0.2, 0.25) is 11.8 Å². The molecular formula is C17H21N3O4. The first-order valence-electron chi connectivity index (χ1n) is 8.23. The zero-order valence-electron chi connectivity index (χ0n) is 13.4. The van der Waals surface area contributed by atoms with E-state index in [4.69, 9.17) is 0 Å². The van der Waals surface area contributed by atoms with Crippen molar-refractivity contribution in [3.8, 4) is 0 Å². The zero-order valence-corrected chi connectivity index (χ0v) is 13.4. The molecule has 7 nitrogen and oxygen atoms in total. The normalized spacial score (nSPS) is 23.6. The van der Waals surface area contributed by atoms with E-state index in [0.717, 1.165) is 18.4 Å². The Kier molecular flexibility index (Phi) is 4.78. The average molecular weight is 331 g/mol. The van der Waals surface area contributed by atoms with Gasteiger partial charge in [-0.1, -0.05) is 0 Å². The summed E-state index contributed by atoms with van der Waals surface area (Å²) in [6, 6.07) is 3.62. The summed E-state index contributed by atoms with van der Waals surface area (Å²) < 4.78 is 0. The number of nitrogens with zero attached hydrogens (tertiary/aromatic N) is 2. The van der Waals surface area contributed by atoms with Gasteiger partial charge in [0.25, 0.3) is 0 Å². The van der Waals surface area contributed by atoms with Crippen molar-refractivity contribution in [3.05, 3.63) is 30.1 Å². The van der Waals surface area contributed by atoms with Crippen LogP contribution in [0, 0.1) is 17.8 Å². The predicted octanol–water partition coefficient (Wildman–Crippen LogP) is 0.657. The summed E-state index contributed by atoms with van der Waals surface area (Å²) in [5.74, 6) is -2.30. The maximum atomic E-state index is 12.4. The molecule has 1 aromatic heterocycles. The van der Waals surface area contributed by atoms with Gasteiger partial charge in [-0.2, -0.15) is 0 Å². The number of piperidine rings is 1. The molecule has 1 aliphatic carbocycles. The molecular weight excluding hydrogens is 310 g/mol. The highest BCUT2D eigenvalue weighted by Crippen LogP contribution is 2.33. The molecule has 0 radical (unpaired) electrons. The smallest absolute Gasteiger partial charge is 0.308 e. The van der Waals surface area contributed by atoms with Gasteiger partial charge in [-0.25, -0.2) is 0 Å². The molecule has 2 fully saturated rings. The summed E-state index contributed by atoms with van der Waals surface area (Å²) in [6.45, 7) is 0.881. The molecule has 1 aliphatic heterocycles. The van der Waals surface area contributed by atoms with Gasteiger partial charge < -0.3 is 15.3 Å². The second-order valence-corrected chi connectivity index (χ2v) is 6.56. The van der Waals surface area contributed by atoms with E-state index in [1.165, 1.54) is 0 Å². The van der Waals surface area contributed by atoms with Crippen molar-refractivity contribution in [2.45, 2.75) is 25.8 Å². The summed E-state index contributed by atoms with van der Waals surface area (Å²) >= 11 is 0. The molecule has 2 amide bonds. The summed E-state index contributed by atoms with van der Waals surface area (Å²) in [7, 11) is 0. The lowest BCUT2D eigenvalue weighted by Gasteiger charge is -2.35. The Balaban J connectivity index is 1.62. The van der Waals surface area contributed by atoms with E-state index in [1.807, 2.05) is 12.1 Å². The highest BCUT2D eigenvalue weighted by Gasteiger charge is 2.41. The Morgan fingerprint density at radius 3 is 2.42 bits per heavy atom. The Labute approximate surface area is 140 Å². The fourth-order valence-electron chi connectivity index (χ4n) is 3.07. The van der Waals surface area contributed by atoms with E-state index in [2.05, 4.69) is 10.3 Å². The lowest BCUT2D eigenvalue weighted by molar-refractivity contribution is -0.148. The molecule has 0 spiro atoms. The quantitative estimate of drug-likeness (QED) is 0.825. The minimum Gasteiger partial charge on any atom is -0.481 e. The number of hydrogen-bond donors (Lipinski definition) is 2. The molecule has 1 saturated heterocycles. The van der Waals surface area contributed by atoms with Crippen LogP contribution in [0.25, 0.3) is 0 Å². The highest BCUT2D eigenvalue weighted by molar-refractivity contribution is 5.85. The van der Waals surface area contributed by atoms with Crippen molar-refractivity contribution in [2.75, 3.05) is 13.1 Å². The number of carbonyl (C=O) groups excluding carboxylic acids is 2. The van der Waals surface area contributed by atoms with Crippen molar-refractivity contribution in [1.82, 2.24) is 15.2 Å². The van der Waals surface area contributed by atoms with Crippen LogP contribution >= 0.6 is 0 Å². The number of carboxylic acids is 1. The van der Waals surface area contributed by atoms with E-state index >= 15 is 0 Å². The lowest BCUT2D eigenvalue weighted by Crippen LogP contribution is -2.50. The van der Waals surface area contributed by atoms with Crippen LogP contribution in [0.2, 0.25) is 0 Å². The van der Waals surface area contributed by atoms with Crippen molar-refractivity contribution in [2.24, 2.45) is 17.8 Å². The Hall–Kier alpha value is -2.44. The van der Waals surface area contributed by atoms with Gasteiger partial charge in [0, 0.05) is 37.9 Å². The van der Waals surface area contributed by atoms with Gasteiger partial charge in [-0.15, -0.1) is 0 Å². The van der Waals surface area contributed by atoms with Gasteiger partial charge in [0.1, 0.15) is 0 Å². The van der Waals surface area contributed by atoms with Crippen LogP contribution in [0.1, 0.15) is 24.8 Å². The Bertz CT molecular complexity index is 630. The van der Waals surface area contributed by atoms with Gasteiger partial charge in [0.15, 0.2) is 0 Å². The largest absolute Gasteiger partial charge is 0.481 e. The topological polar surface area (TPSA) is 99.6 Å². The van der Waals surface area contributed by atoms with Crippen LogP contribution in [0.3, 0.4) is 0 Å². The number of aromatic nitrogens is 1. The molecule has 3 rings (SSSR count). The van der Waals surface area contributed by atoms with Crippen molar-refractivity contribution < 1.29 is 19.5 Å². The van der Waals surface area contributed by atoms with Crippen LogP contribution < -0.4 is 5.32 Å². The first kappa shape index (κ1) is 16.4. The van der Waals surface area contributed by atoms with Crippen LogP contribution in [0.4, 0.5) is 0 Å². The third-order valence-corrected chi connectivity index (χ3v) is 4.62. The first-order valence-corrected chi connectivity index (χ1v) is 8.23.